The van der Waals surface area contributed by atoms with Crippen LogP contribution in [0.25, 0.3) is 0 Å². The monoisotopic (exact) mass is 384 g/mol. The van der Waals surface area contributed by atoms with E-state index in [0.717, 1.165) is 31.5 Å². The van der Waals surface area contributed by atoms with Crippen molar-refractivity contribution in [1.29, 1.82) is 0 Å². The van der Waals surface area contributed by atoms with Gasteiger partial charge in [-0.1, -0.05) is 15.9 Å². The number of rotatable bonds is 3. The Morgan fingerprint density at radius 1 is 1.26 bits per heavy atom. The van der Waals surface area contributed by atoms with Crippen molar-refractivity contribution in [2.75, 3.05) is 0 Å². The zero-order chi connectivity index (χ0) is 14.2. The van der Waals surface area contributed by atoms with Crippen LogP contribution in [0, 0.1) is 13.8 Å². The molecule has 1 aromatic carbocycles. The summed E-state index contributed by atoms with van der Waals surface area (Å²) in [5, 5.41) is 4.30. The van der Waals surface area contributed by atoms with Gasteiger partial charge in [0.15, 0.2) is 5.78 Å². The van der Waals surface area contributed by atoms with Crippen molar-refractivity contribution in [3.8, 4) is 0 Å². The number of Topliss-reactive ketones (excluding diaryl/α,β-unsaturated/α-hetero) is 1. The van der Waals surface area contributed by atoms with E-state index < -0.39 is 0 Å². The summed E-state index contributed by atoms with van der Waals surface area (Å²) in [7, 11) is 1.85. The maximum atomic E-state index is 12.3. The topological polar surface area (TPSA) is 34.9 Å². The second kappa shape index (κ2) is 5.59. The molecule has 3 nitrogen and oxygen atoms in total. The van der Waals surface area contributed by atoms with Crippen LogP contribution in [0.1, 0.15) is 27.3 Å². The van der Waals surface area contributed by atoms with Gasteiger partial charge in [-0.05, 0) is 53.5 Å². The Kier molecular flexibility index (Phi) is 4.26. The summed E-state index contributed by atoms with van der Waals surface area (Å²) in [6.45, 7) is 3.90. The lowest BCUT2D eigenvalue weighted by Crippen LogP contribution is -2.08. The molecule has 0 saturated heterocycles. The van der Waals surface area contributed by atoms with Crippen molar-refractivity contribution in [3.05, 3.63) is 49.7 Å². The highest BCUT2D eigenvalue weighted by atomic mass is 79.9. The van der Waals surface area contributed by atoms with E-state index >= 15 is 0 Å². The van der Waals surface area contributed by atoms with Gasteiger partial charge in [-0.15, -0.1) is 0 Å². The summed E-state index contributed by atoms with van der Waals surface area (Å²) in [5.74, 6) is 0.0908. The van der Waals surface area contributed by atoms with Gasteiger partial charge in [0.25, 0.3) is 0 Å². The third kappa shape index (κ3) is 3.15. The Hall–Kier alpha value is -0.940. The van der Waals surface area contributed by atoms with Crippen molar-refractivity contribution >= 4 is 37.6 Å². The average molecular weight is 386 g/mol. The minimum Gasteiger partial charge on any atom is -0.294 e. The van der Waals surface area contributed by atoms with Crippen LogP contribution in [0.15, 0.2) is 27.1 Å². The van der Waals surface area contributed by atoms with Crippen LogP contribution in [0.3, 0.4) is 0 Å². The number of carbonyl (C=O) groups excluding carboxylic acids is 1. The fourth-order valence-electron chi connectivity index (χ4n) is 2.02. The fraction of sp³-hybridized carbons (Fsp3) is 0.286. The van der Waals surface area contributed by atoms with E-state index in [9.17, 15) is 4.79 Å². The summed E-state index contributed by atoms with van der Waals surface area (Å²) >= 11 is 6.91. The molecule has 5 heteroatoms. The van der Waals surface area contributed by atoms with Crippen molar-refractivity contribution in [2.24, 2.45) is 7.05 Å². The summed E-state index contributed by atoms with van der Waals surface area (Å²) in [5.41, 5.74) is 3.59. The Morgan fingerprint density at radius 3 is 2.47 bits per heavy atom. The molecule has 2 aromatic rings. The first-order valence-electron chi connectivity index (χ1n) is 5.87. The number of aryl methyl sites for hydroxylation is 3. The Bertz CT molecular complexity index is 627. The van der Waals surface area contributed by atoms with Gasteiger partial charge < -0.3 is 0 Å². The van der Waals surface area contributed by atoms with E-state index in [2.05, 4.69) is 37.0 Å². The van der Waals surface area contributed by atoms with E-state index in [-0.39, 0.29) is 5.78 Å². The number of hydrogen-bond donors (Lipinski definition) is 0. The maximum absolute atomic E-state index is 12.3. The first-order valence-corrected chi connectivity index (χ1v) is 7.45. The van der Waals surface area contributed by atoms with Gasteiger partial charge in [0, 0.05) is 17.1 Å². The molecule has 0 atom stereocenters. The molecule has 19 heavy (non-hydrogen) atoms. The molecule has 0 bridgehead atoms. The molecule has 0 unspecified atom stereocenters. The lowest BCUT2D eigenvalue weighted by molar-refractivity contribution is 0.0990. The highest BCUT2D eigenvalue weighted by Gasteiger charge is 2.16. The molecule has 1 aromatic heterocycles. The minimum absolute atomic E-state index is 0.0908. The third-order valence-electron chi connectivity index (χ3n) is 2.95. The van der Waals surface area contributed by atoms with Crippen LogP contribution in [0.4, 0.5) is 0 Å². The Morgan fingerprint density at radius 2 is 1.95 bits per heavy atom. The highest BCUT2D eigenvalue weighted by Crippen LogP contribution is 2.23. The van der Waals surface area contributed by atoms with E-state index in [4.69, 9.17) is 0 Å². The van der Waals surface area contributed by atoms with Gasteiger partial charge >= 0.3 is 0 Å². The third-order valence-corrected chi connectivity index (χ3v) is 4.44. The molecule has 0 aliphatic carbocycles. The largest absolute Gasteiger partial charge is 0.294 e. The lowest BCUT2D eigenvalue weighted by Gasteiger charge is -2.05. The van der Waals surface area contributed by atoms with Crippen LogP contribution < -0.4 is 0 Å². The molecule has 0 aliphatic heterocycles. The van der Waals surface area contributed by atoms with E-state index in [1.807, 2.05) is 39.1 Å². The molecule has 1 heterocycles. The normalized spacial score (nSPS) is 10.8. The van der Waals surface area contributed by atoms with Gasteiger partial charge in [0.2, 0.25) is 0 Å². The number of hydrogen-bond acceptors (Lipinski definition) is 2. The Labute approximate surface area is 129 Å². The molecule has 0 amide bonds. The van der Waals surface area contributed by atoms with Gasteiger partial charge in [-0.25, -0.2) is 0 Å². The second-order valence-electron chi connectivity index (χ2n) is 4.59. The van der Waals surface area contributed by atoms with Gasteiger partial charge in [-0.3, -0.25) is 9.48 Å². The van der Waals surface area contributed by atoms with Gasteiger partial charge in [0.05, 0.1) is 22.3 Å². The van der Waals surface area contributed by atoms with Gasteiger partial charge in [0.1, 0.15) is 0 Å². The molecule has 0 fully saturated rings. The molecule has 0 spiro atoms. The van der Waals surface area contributed by atoms with Crippen LogP contribution >= 0.6 is 31.9 Å². The number of halogens is 2. The molecule has 2 rings (SSSR count). The molecular formula is C14H14Br2N2O. The maximum Gasteiger partial charge on any atom is 0.168 e. The van der Waals surface area contributed by atoms with Crippen LogP contribution in [-0.4, -0.2) is 15.6 Å². The van der Waals surface area contributed by atoms with E-state index in [1.165, 1.54) is 0 Å². The number of benzene rings is 1. The summed E-state index contributed by atoms with van der Waals surface area (Å²) in [4.78, 5) is 12.3. The predicted octanol–water partition coefficient (Wildman–Crippen LogP) is 3.99. The summed E-state index contributed by atoms with van der Waals surface area (Å²) in [6.07, 6.45) is 0.341. The predicted molar refractivity (Wildman–Crippen MR) is 82.6 cm³/mol. The molecule has 0 radical (unpaired) electrons. The molecule has 100 valence electrons. The number of nitrogens with zero attached hydrogens (tertiary/aromatic N) is 2. The van der Waals surface area contributed by atoms with Gasteiger partial charge in [-0.2, -0.15) is 5.10 Å². The van der Waals surface area contributed by atoms with Crippen molar-refractivity contribution in [3.63, 3.8) is 0 Å². The average Bonchev–Trinajstić information content (AvgIpc) is 2.54. The molecule has 0 aliphatic rings. The first-order chi connectivity index (χ1) is 8.88. The summed E-state index contributed by atoms with van der Waals surface area (Å²) < 4.78 is 3.59. The number of carbonyl (C=O) groups is 1. The molecule has 0 N–H and O–H groups in total. The molecular weight excluding hydrogens is 372 g/mol. The quantitative estimate of drug-likeness (QED) is 0.748. The fourth-order valence-corrected chi connectivity index (χ4v) is 3.11. The Balaban J connectivity index is 2.30. The van der Waals surface area contributed by atoms with Crippen molar-refractivity contribution < 1.29 is 4.79 Å². The zero-order valence-corrected chi connectivity index (χ0v) is 14.2. The standard InChI is InChI=1S/C14H14Br2N2O/c1-8-4-10(6-11(15)5-8)13(19)7-12-14(16)9(2)17-18(12)3/h4-6H,7H2,1-3H3. The van der Waals surface area contributed by atoms with Crippen LogP contribution in [-0.2, 0) is 13.5 Å². The smallest absolute Gasteiger partial charge is 0.168 e. The van der Waals surface area contributed by atoms with Crippen LogP contribution in [0.2, 0.25) is 0 Å². The van der Waals surface area contributed by atoms with E-state index in [1.54, 1.807) is 4.68 Å². The first kappa shape index (κ1) is 14.5. The van der Waals surface area contributed by atoms with E-state index in [0.29, 0.717) is 6.42 Å². The number of aromatic nitrogens is 2. The SMILES string of the molecule is Cc1cc(Br)cc(C(=O)Cc2c(Br)c(C)nn2C)c1. The number of ketones is 1. The highest BCUT2D eigenvalue weighted by molar-refractivity contribution is 9.10. The van der Waals surface area contributed by atoms with Crippen molar-refractivity contribution in [1.82, 2.24) is 9.78 Å². The van der Waals surface area contributed by atoms with Crippen LogP contribution in [0.5, 0.6) is 0 Å². The lowest BCUT2D eigenvalue weighted by atomic mass is 10.0. The molecule has 0 saturated carbocycles. The van der Waals surface area contributed by atoms with Crippen molar-refractivity contribution in [2.45, 2.75) is 20.3 Å². The summed E-state index contributed by atoms with van der Waals surface area (Å²) in [6, 6.07) is 5.75. The zero-order valence-electron chi connectivity index (χ0n) is 11.0. The minimum atomic E-state index is 0.0908. The second-order valence-corrected chi connectivity index (χ2v) is 6.30.